The van der Waals surface area contributed by atoms with Gasteiger partial charge in [0.1, 0.15) is 6.04 Å². The van der Waals surface area contributed by atoms with Gasteiger partial charge < -0.3 is 10.1 Å². The summed E-state index contributed by atoms with van der Waals surface area (Å²) in [6.07, 6.45) is 2.80. The van der Waals surface area contributed by atoms with Crippen molar-refractivity contribution in [1.29, 1.82) is 0 Å². The van der Waals surface area contributed by atoms with E-state index in [1.807, 2.05) is 6.92 Å². The lowest BCUT2D eigenvalue weighted by Crippen LogP contribution is -2.31. The predicted octanol–water partition coefficient (Wildman–Crippen LogP) is 1.09. The van der Waals surface area contributed by atoms with Gasteiger partial charge in [-0.1, -0.05) is 13.3 Å². The first-order valence-corrected chi connectivity index (χ1v) is 6.72. The van der Waals surface area contributed by atoms with Crippen LogP contribution in [0.5, 0.6) is 0 Å². The number of amides is 3. The van der Waals surface area contributed by atoms with Gasteiger partial charge in [0.2, 0.25) is 0 Å². The minimum absolute atomic E-state index is 0.0896. The van der Waals surface area contributed by atoms with E-state index in [0.29, 0.717) is 17.7 Å². The summed E-state index contributed by atoms with van der Waals surface area (Å²) in [5.41, 5.74) is 0.852. The molecule has 3 amide bonds. The molecule has 1 N–H and O–H groups in total. The third-order valence-electron chi connectivity index (χ3n) is 3.25. The summed E-state index contributed by atoms with van der Waals surface area (Å²) in [4.78, 5) is 40.4. The SMILES string of the molecule is CCCC1NC(=O)N(Cc2ccc(C(=O)OC)cn2)C1=O. The third-order valence-corrected chi connectivity index (χ3v) is 3.25. The summed E-state index contributed by atoms with van der Waals surface area (Å²) in [6, 6.07) is 2.30. The van der Waals surface area contributed by atoms with Gasteiger partial charge in [0, 0.05) is 6.20 Å². The number of hydrogen-bond acceptors (Lipinski definition) is 5. The van der Waals surface area contributed by atoms with Gasteiger partial charge in [0.15, 0.2) is 0 Å². The number of esters is 1. The van der Waals surface area contributed by atoms with Crippen LogP contribution in [-0.2, 0) is 16.1 Å². The number of hydrogen-bond donors (Lipinski definition) is 1. The summed E-state index contributed by atoms with van der Waals surface area (Å²) in [7, 11) is 1.29. The normalized spacial score (nSPS) is 17.8. The standard InChI is InChI=1S/C14H17N3O4/c1-3-4-11-12(18)17(14(20)16-11)8-10-6-5-9(7-15-10)13(19)21-2/h5-7,11H,3-4,8H2,1-2H3,(H,16,20). The number of nitrogens with one attached hydrogen (secondary N) is 1. The Morgan fingerprint density at radius 2 is 2.19 bits per heavy atom. The van der Waals surface area contributed by atoms with E-state index in [1.165, 1.54) is 13.3 Å². The van der Waals surface area contributed by atoms with Crippen molar-refractivity contribution in [1.82, 2.24) is 15.2 Å². The molecule has 0 spiro atoms. The number of nitrogens with zero attached hydrogens (tertiary/aromatic N) is 2. The van der Waals surface area contributed by atoms with E-state index >= 15 is 0 Å². The second-order valence-corrected chi connectivity index (χ2v) is 4.74. The Morgan fingerprint density at radius 1 is 1.43 bits per heavy atom. The predicted molar refractivity (Wildman–Crippen MR) is 73.4 cm³/mol. The van der Waals surface area contributed by atoms with Crippen LogP contribution in [-0.4, -0.2) is 40.9 Å². The number of carbonyl (C=O) groups is 3. The van der Waals surface area contributed by atoms with Gasteiger partial charge in [-0.15, -0.1) is 0 Å². The summed E-state index contributed by atoms with van der Waals surface area (Å²) in [6.45, 7) is 2.04. The molecule has 21 heavy (non-hydrogen) atoms. The van der Waals surface area contributed by atoms with Gasteiger partial charge in [-0.05, 0) is 18.6 Å². The number of urea groups is 1. The van der Waals surface area contributed by atoms with Crippen LogP contribution < -0.4 is 5.32 Å². The number of aromatic nitrogens is 1. The zero-order valence-electron chi connectivity index (χ0n) is 12.0. The van der Waals surface area contributed by atoms with E-state index in [9.17, 15) is 14.4 Å². The van der Waals surface area contributed by atoms with Crippen LogP contribution in [0, 0.1) is 0 Å². The second-order valence-electron chi connectivity index (χ2n) is 4.74. The molecule has 1 fully saturated rings. The first-order chi connectivity index (χ1) is 10.1. The molecule has 1 saturated heterocycles. The number of rotatable bonds is 5. The summed E-state index contributed by atoms with van der Waals surface area (Å²) in [5, 5.41) is 2.65. The number of methoxy groups -OCH3 is 1. The van der Waals surface area contributed by atoms with Crippen molar-refractivity contribution >= 4 is 17.9 Å². The molecular weight excluding hydrogens is 274 g/mol. The lowest BCUT2D eigenvalue weighted by atomic mass is 10.1. The molecule has 1 aliphatic rings. The van der Waals surface area contributed by atoms with E-state index in [-0.39, 0.29) is 12.5 Å². The Kier molecular flexibility index (Phi) is 4.52. The lowest BCUT2D eigenvalue weighted by molar-refractivity contribution is -0.128. The van der Waals surface area contributed by atoms with Gasteiger partial charge in [-0.25, -0.2) is 9.59 Å². The van der Waals surface area contributed by atoms with Crippen LogP contribution >= 0.6 is 0 Å². The quantitative estimate of drug-likeness (QED) is 0.648. The fourth-order valence-corrected chi connectivity index (χ4v) is 2.13. The van der Waals surface area contributed by atoms with E-state index in [1.54, 1.807) is 12.1 Å². The summed E-state index contributed by atoms with van der Waals surface area (Å²) < 4.78 is 4.58. The zero-order valence-corrected chi connectivity index (χ0v) is 12.0. The summed E-state index contributed by atoms with van der Waals surface area (Å²) >= 11 is 0. The minimum Gasteiger partial charge on any atom is -0.465 e. The molecule has 0 bridgehead atoms. The number of pyridine rings is 1. The van der Waals surface area contributed by atoms with Crippen LogP contribution in [0.4, 0.5) is 4.79 Å². The second kappa shape index (κ2) is 6.34. The third kappa shape index (κ3) is 3.18. The molecule has 0 aliphatic carbocycles. The molecule has 112 valence electrons. The fourth-order valence-electron chi connectivity index (χ4n) is 2.13. The molecule has 0 saturated carbocycles. The van der Waals surface area contributed by atoms with Crippen molar-refractivity contribution in [2.45, 2.75) is 32.4 Å². The molecule has 7 nitrogen and oxygen atoms in total. The van der Waals surface area contributed by atoms with Crippen molar-refractivity contribution in [2.75, 3.05) is 7.11 Å². The van der Waals surface area contributed by atoms with Crippen LogP contribution in [0.15, 0.2) is 18.3 Å². The van der Waals surface area contributed by atoms with Gasteiger partial charge in [0.25, 0.3) is 5.91 Å². The van der Waals surface area contributed by atoms with Crippen molar-refractivity contribution in [3.63, 3.8) is 0 Å². The maximum Gasteiger partial charge on any atom is 0.339 e. The molecule has 0 aromatic carbocycles. The molecule has 7 heteroatoms. The highest BCUT2D eigenvalue weighted by Crippen LogP contribution is 2.14. The molecule has 1 aliphatic heterocycles. The lowest BCUT2D eigenvalue weighted by Gasteiger charge is -2.12. The number of imide groups is 1. The molecule has 2 rings (SSSR count). The van der Waals surface area contributed by atoms with E-state index < -0.39 is 18.0 Å². The van der Waals surface area contributed by atoms with Crippen LogP contribution in [0.25, 0.3) is 0 Å². The molecule has 1 unspecified atom stereocenters. The Hall–Kier alpha value is -2.44. The number of ether oxygens (including phenoxy) is 1. The Morgan fingerprint density at radius 3 is 2.76 bits per heavy atom. The molecule has 1 atom stereocenters. The zero-order chi connectivity index (χ0) is 15.4. The maximum absolute atomic E-state index is 12.1. The first kappa shape index (κ1) is 15.0. The Bertz CT molecular complexity index is 556. The van der Waals surface area contributed by atoms with Crippen molar-refractivity contribution < 1.29 is 19.1 Å². The largest absolute Gasteiger partial charge is 0.465 e. The molecule has 0 radical (unpaired) electrons. The van der Waals surface area contributed by atoms with Gasteiger partial charge >= 0.3 is 12.0 Å². The van der Waals surface area contributed by atoms with Gasteiger partial charge in [-0.2, -0.15) is 0 Å². The molecule has 1 aromatic rings. The highest BCUT2D eigenvalue weighted by Gasteiger charge is 2.37. The fraction of sp³-hybridized carbons (Fsp3) is 0.429. The minimum atomic E-state index is -0.480. The van der Waals surface area contributed by atoms with Crippen LogP contribution in [0.3, 0.4) is 0 Å². The molecule has 2 heterocycles. The van der Waals surface area contributed by atoms with E-state index in [2.05, 4.69) is 15.0 Å². The topological polar surface area (TPSA) is 88.6 Å². The van der Waals surface area contributed by atoms with Crippen LogP contribution in [0.2, 0.25) is 0 Å². The van der Waals surface area contributed by atoms with E-state index in [4.69, 9.17) is 0 Å². The van der Waals surface area contributed by atoms with Gasteiger partial charge in [0.05, 0.1) is 24.9 Å². The van der Waals surface area contributed by atoms with Gasteiger partial charge in [-0.3, -0.25) is 14.7 Å². The number of carbonyl (C=O) groups excluding carboxylic acids is 3. The molecular formula is C14H17N3O4. The molecule has 1 aromatic heterocycles. The first-order valence-electron chi connectivity index (χ1n) is 6.72. The highest BCUT2D eigenvalue weighted by molar-refractivity contribution is 6.04. The summed E-state index contributed by atoms with van der Waals surface area (Å²) in [5.74, 6) is -0.715. The van der Waals surface area contributed by atoms with E-state index in [0.717, 1.165) is 11.3 Å². The van der Waals surface area contributed by atoms with Crippen LogP contribution in [0.1, 0.15) is 35.8 Å². The van der Waals surface area contributed by atoms with Crippen molar-refractivity contribution in [3.8, 4) is 0 Å². The maximum atomic E-state index is 12.1. The monoisotopic (exact) mass is 291 g/mol. The smallest absolute Gasteiger partial charge is 0.339 e. The Balaban J connectivity index is 2.06. The van der Waals surface area contributed by atoms with Crippen molar-refractivity contribution in [3.05, 3.63) is 29.6 Å². The van der Waals surface area contributed by atoms with Crippen molar-refractivity contribution in [2.24, 2.45) is 0 Å². The average Bonchev–Trinajstić information content (AvgIpc) is 2.75. The Labute approximate surface area is 122 Å². The average molecular weight is 291 g/mol. The highest BCUT2D eigenvalue weighted by atomic mass is 16.5.